The molecule has 102 valence electrons. The fraction of sp³-hybridized carbons (Fsp3) is 0.176. The molecule has 0 fully saturated rings. The minimum atomic E-state index is -0.685. The van der Waals surface area contributed by atoms with E-state index in [1.54, 1.807) is 17.0 Å². The molecule has 4 rings (SSSR count). The van der Waals surface area contributed by atoms with E-state index < -0.39 is 11.5 Å². The molecule has 0 N–H and O–H groups in total. The van der Waals surface area contributed by atoms with Crippen LogP contribution in [0, 0.1) is 11.3 Å². The highest BCUT2D eigenvalue weighted by Crippen LogP contribution is 2.57. The van der Waals surface area contributed by atoms with Crippen LogP contribution in [0.3, 0.4) is 0 Å². The summed E-state index contributed by atoms with van der Waals surface area (Å²) >= 11 is 6.11. The van der Waals surface area contributed by atoms with Crippen molar-refractivity contribution in [3.63, 3.8) is 0 Å². The monoisotopic (exact) mass is 294 g/mol. The van der Waals surface area contributed by atoms with Crippen LogP contribution < -0.4 is 4.90 Å². The number of halogens is 1. The summed E-state index contributed by atoms with van der Waals surface area (Å²) < 4.78 is 0. The molecule has 1 amide bonds. The quantitative estimate of drug-likeness (QED) is 0.741. The highest BCUT2D eigenvalue weighted by Gasteiger charge is 2.57. The predicted molar refractivity (Wildman–Crippen MR) is 80.4 cm³/mol. The molecule has 2 heterocycles. The van der Waals surface area contributed by atoms with Crippen molar-refractivity contribution in [1.29, 1.82) is 5.26 Å². The lowest BCUT2D eigenvalue weighted by atomic mass is 9.80. The Kier molecular flexibility index (Phi) is 2.29. The second kappa shape index (κ2) is 3.87. The molecule has 2 aliphatic rings. The molecule has 0 spiro atoms. The van der Waals surface area contributed by atoms with Gasteiger partial charge < -0.3 is 0 Å². The van der Waals surface area contributed by atoms with E-state index in [4.69, 9.17) is 11.6 Å². The molecule has 0 unspecified atom stereocenters. The van der Waals surface area contributed by atoms with Gasteiger partial charge in [-0.05, 0) is 42.3 Å². The number of nitrogens with zero attached hydrogens (tertiary/aromatic N) is 2. The molecule has 2 aliphatic heterocycles. The van der Waals surface area contributed by atoms with Crippen LogP contribution in [0.1, 0.15) is 34.3 Å². The molecule has 0 radical (unpaired) electrons. The van der Waals surface area contributed by atoms with Crippen molar-refractivity contribution in [3.05, 3.63) is 64.2 Å². The normalized spacial score (nSPS) is 25.3. The van der Waals surface area contributed by atoms with Gasteiger partial charge in [0.05, 0.1) is 11.6 Å². The minimum Gasteiger partial charge on any atom is -0.296 e. The smallest absolute Gasteiger partial charge is 0.259 e. The van der Waals surface area contributed by atoms with Crippen molar-refractivity contribution in [1.82, 2.24) is 0 Å². The van der Waals surface area contributed by atoms with E-state index in [9.17, 15) is 10.1 Å². The van der Waals surface area contributed by atoms with Crippen molar-refractivity contribution in [2.24, 2.45) is 0 Å². The molecule has 2 atom stereocenters. The fourth-order valence-electron chi connectivity index (χ4n) is 3.65. The zero-order valence-corrected chi connectivity index (χ0v) is 12.1. The average Bonchev–Trinajstić information content (AvgIpc) is 2.86. The van der Waals surface area contributed by atoms with E-state index in [-0.39, 0.29) is 5.91 Å². The van der Waals surface area contributed by atoms with Gasteiger partial charge in [-0.3, -0.25) is 9.69 Å². The average molecular weight is 295 g/mol. The first kappa shape index (κ1) is 12.4. The fourth-order valence-corrected chi connectivity index (χ4v) is 3.82. The lowest BCUT2D eigenvalue weighted by Gasteiger charge is -2.31. The van der Waals surface area contributed by atoms with Gasteiger partial charge in [-0.15, -0.1) is 0 Å². The number of nitriles is 1. The van der Waals surface area contributed by atoms with Gasteiger partial charge in [-0.25, -0.2) is 0 Å². The number of carbonyl (C=O) groups excluding carboxylic acids is 1. The first-order valence-electron chi connectivity index (χ1n) is 6.72. The molecule has 3 nitrogen and oxygen atoms in total. The molecule has 2 aromatic carbocycles. The summed E-state index contributed by atoms with van der Waals surface area (Å²) in [5.74, 6) is -0.452. The van der Waals surface area contributed by atoms with Crippen molar-refractivity contribution in [2.45, 2.75) is 18.4 Å². The van der Waals surface area contributed by atoms with Crippen LogP contribution in [-0.4, -0.2) is 5.91 Å². The van der Waals surface area contributed by atoms with Gasteiger partial charge in [0, 0.05) is 16.3 Å². The van der Waals surface area contributed by atoms with Gasteiger partial charge in [0.25, 0.3) is 5.91 Å². The Hall–Kier alpha value is -2.31. The zero-order valence-electron chi connectivity index (χ0n) is 11.3. The van der Waals surface area contributed by atoms with E-state index in [0.717, 1.165) is 16.8 Å². The third-order valence-electron chi connectivity index (χ3n) is 4.60. The molecule has 0 saturated heterocycles. The first-order valence-corrected chi connectivity index (χ1v) is 7.10. The molecule has 2 aromatic rings. The zero-order chi connectivity index (χ0) is 14.8. The topological polar surface area (TPSA) is 44.1 Å². The summed E-state index contributed by atoms with van der Waals surface area (Å²) in [7, 11) is 0. The highest BCUT2D eigenvalue weighted by molar-refractivity contribution is 6.31. The Morgan fingerprint density at radius 1 is 1.29 bits per heavy atom. The summed E-state index contributed by atoms with van der Waals surface area (Å²) in [5, 5.41) is 10.3. The maximum absolute atomic E-state index is 12.8. The van der Waals surface area contributed by atoms with E-state index in [1.807, 2.05) is 37.3 Å². The molecule has 21 heavy (non-hydrogen) atoms. The maximum Gasteiger partial charge on any atom is 0.259 e. The van der Waals surface area contributed by atoms with Gasteiger partial charge in [0.15, 0.2) is 0 Å². The summed E-state index contributed by atoms with van der Waals surface area (Å²) in [4.78, 5) is 14.5. The summed E-state index contributed by atoms with van der Waals surface area (Å²) in [6.07, 6.45) is 0. The van der Waals surface area contributed by atoms with E-state index in [0.29, 0.717) is 10.6 Å². The Morgan fingerprint density at radius 2 is 2.05 bits per heavy atom. The van der Waals surface area contributed by atoms with Crippen LogP contribution in [0.5, 0.6) is 0 Å². The molecule has 0 aliphatic carbocycles. The second-order valence-electron chi connectivity index (χ2n) is 5.60. The molecular formula is C17H11ClN2O. The molecule has 0 bridgehead atoms. The number of benzene rings is 2. The van der Waals surface area contributed by atoms with Crippen LogP contribution in [0.4, 0.5) is 5.69 Å². The number of anilines is 1. The SMILES string of the molecule is C[C@]12c3cc(Cl)ccc3C(=O)N1c1ccccc1[C@H]2C#N. The van der Waals surface area contributed by atoms with Crippen molar-refractivity contribution in [2.75, 3.05) is 4.90 Å². The molecule has 4 heteroatoms. The largest absolute Gasteiger partial charge is 0.296 e. The van der Waals surface area contributed by atoms with Crippen LogP contribution in [0.2, 0.25) is 5.02 Å². The lowest BCUT2D eigenvalue weighted by Crippen LogP contribution is -2.40. The molecule has 0 saturated carbocycles. The Bertz CT molecular complexity index is 839. The van der Waals surface area contributed by atoms with Gasteiger partial charge in [0.1, 0.15) is 5.92 Å². The maximum atomic E-state index is 12.8. The number of hydrogen-bond acceptors (Lipinski definition) is 2. The van der Waals surface area contributed by atoms with Crippen LogP contribution in [-0.2, 0) is 5.54 Å². The number of fused-ring (bicyclic) bond motifs is 5. The van der Waals surface area contributed by atoms with E-state index >= 15 is 0 Å². The van der Waals surface area contributed by atoms with Gasteiger partial charge in [0.2, 0.25) is 0 Å². The highest BCUT2D eigenvalue weighted by atomic mass is 35.5. The summed E-state index contributed by atoms with van der Waals surface area (Å²) in [6.45, 7) is 1.95. The Balaban J connectivity index is 2.07. The van der Waals surface area contributed by atoms with Crippen LogP contribution in [0.15, 0.2) is 42.5 Å². The van der Waals surface area contributed by atoms with E-state index in [1.165, 1.54) is 0 Å². The number of amides is 1. The van der Waals surface area contributed by atoms with Crippen molar-refractivity contribution >= 4 is 23.2 Å². The van der Waals surface area contributed by atoms with Crippen LogP contribution in [0.25, 0.3) is 0 Å². The first-order chi connectivity index (χ1) is 10.1. The number of rotatable bonds is 0. The Morgan fingerprint density at radius 3 is 2.81 bits per heavy atom. The summed E-state index contributed by atoms with van der Waals surface area (Å²) in [6, 6.07) is 15.3. The third kappa shape index (κ3) is 1.31. The minimum absolute atomic E-state index is 0.0608. The standard InChI is InChI=1S/C17H11ClN2O/c1-17-13-8-10(18)6-7-12(13)16(21)20(17)15-5-3-2-4-11(15)14(17)9-19/h2-8,14H,1H3/t14-,17-/m1/s1. The molecule has 0 aromatic heterocycles. The van der Waals surface area contributed by atoms with Gasteiger partial charge in [-0.2, -0.15) is 5.26 Å². The van der Waals surface area contributed by atoms with Gasteiger partial charge >= 0.3 is 0 Å². The number of hydrogen-bond donors (Lipinski definition) is 0. The summed E-state index contributed by atoms with van der Waals surface area (Å²) in [5.41, 5.74) is 2.51. The second-order valence-corrected chi connectivity index (χ2v) is 6.04. The lowest BCUT2D eigenvalue weighted by molar-refractivity contribution is 0.0982. The number of para-hydroxylation sites is 1. The Labute approximate surface area is 127 Å². The third-order valence-corrected chi connectivity index (χ3v) is 4.84. The van der Waals surface area contributed by atoms with Gasteiger partial charge in [-0.1, -0.05) is 29.8 Å². The number of carbonyl (C=O) groups is 1. The van der Waals surface area contributed by atoms with E-state index in [2.05, 4.69) is 6.07 Å². The molecular weight excluding hydrogens is 284 g/mol. The van der Waals surface area contributed by atoms with Crippen molar-refractivity contribution < 1.29 is 4.79 Å². The van der Waals surface area contributed by atoms with Crippen LogP contribution >= 0.6 is 11.6 Å². The van der Waals surface area contributed by atoms with Crippen molar-refractivity contribution in [3.8, 4) is 6.07 Å². The predicted octanol–water partition coefficient (Wildman–Crippen LogP) is 3.84.